The van der Waals surface area contributed by atoms with E-state index in [-0.39, 0.29) is 70.2 Å². The summed E-state index contributed by atoms with van der Waals surface area (Å²) in [6, 6.07) is 34.0. The van der Waals surface area contributed by atoms with Gasteiger partial charge in [-0.15, -0.1) is 0 Å². The number of rotatable bonds is 2. The molecule has 6 heteroatoms. The minimum absolute atomic E-state index is 0. The molecule has 0 aliphatic carbocycles. The summed E-state index contributed by atoms with van der Waals surface area (Å²) in [5.41, 5.74) is 0.488. The second kappa shape index (κ2) is 12.0. The summed E-state index contributed by atoms with van der Waals surface area (Å²) in [6.07, 6.45) is 0. The van der Waals surface area contributed by atoms with Crippen molar-refractivity contribution in [3.05, 3.63) is 120 Å². The molecule has 0 heterocycles. The van der Waals surface area contributed by atoms with E-state index in [1.807, 2.05) is 84.9 Å². The van der Waals surface area contributed by atoms with Crippen LogP contribution in [-0.2, 0) is 0 Å². The first-order valence-electron chi connectivity index (χ1n) is 10.8. The number of benzene rings is 6. The second-order valence-electron chi connectivity index (χ2n) is 8.03. The Morgan fingerprint density at radius 1 is 0.417 bits per heavy atom. The van der Waals surface area contributed by atoms with Gasteiger partial charge < -0.3 is 19.8 Å². The molecule has 0 bridgehead atoms. The zero-order valence-electron chi connectivity index (χ0n) is 20.0. The number of carbonyl (C=O) groups excluding carboxylic acids is 2. The molecule has 0 saturated heterocycles. The van der Waals surface area contributed by atoms with Gasteiger partial charge in [-0.3, -0.25) is 0 Å². The molecule has 0 aliphatic heterocycles. The summed E-state index contributed by atoms with van der Waals surface area (Å²) >= 11 is 0. The molecule has 0 radical (unpaired) electrons. The van der Waals surface area contributed by atoms with Crippen LogP contribution >= 0.6 is 0 Å². The van der Waals surface area contributed by atoms with E-state index in [0.29, 0.717) is 0 Å². The fourth-order valence-electron chi connectivity index (χ4n) is 4.29. The first kappa shape index (κ1) is 27.9. The van der Waals surface area contributed by atoms with Gasteiger partial charge in [0.25, 0.3) is 0 Å². The van der Waals surface area contributed by atoms with Crippen molar-refractivity contribution in [3.8, 4) is 0 Å². The Morgan fingerprint density at radius 3 is 1.06 bits per heavy atom. The maximum absolute atomic E-state index is 11.0. The molecule has 0 fully saturated rings. The van der Waals surface area contributed by atoms with Gasteiger partial charge in [0.1, 0.15) is 0 Å². The molecule has 0 aliphatic rings. The summed E-state index contributed by atoms with van der Waals surface area (Å²) in [5, 5.41) is 29.7. The van der Waals surface area contributed by atoms with E-state index in [4.69, 9.17) is 0 Å². The van der Waals surface area contributed by atoms with Crippen LogP contribution in [0.25, 0.3) is 43.1 Å². The molecule has 164 valence electrons. The molecule has 4 nitrogen and oxygen atoms in total. The largest absolute Gasteiger partial charge is 1.00 e. The standard InChI is InChI=1S/2C15H10O2.2Na/c2*16-15(17)13-7-3-6-12-8-10-4-1-2-5-11(10)9-14(12)13;;/h2*1-9H,(H,16,17);;/q;;2*+1/p-2. The van der Waals surface area contributed by atoms with Crippen LogP contribution in [0.3, 0.4) is 0 Å². The molecule has 0 unspecified atom stereocenters. The van der Waals surface area contributed by atoms with Crippen LogP contribution in [-0.4, -0.2) is 11.9 Å². The van der Waals surface area contributed by atoms with Gasteiger partial charge in [0, 0.05) is 11.1 Å². The number of fused-ring (bicyclic) bond motifs is 4. The van der Waals surface area contributed by atoms with Gasteiger partial charge in [-0.25, -0.2) is 0 Å². The molecule has 6 aromatic rings. The average Bonchev–Trinajstić information content (AvgIpc) is 2.85. The van der Waals surface area contributed by atoms with Gasteiger partial charge in [-0.05, 0) is 67.4 Å². The van der Waals surface area contributed by atoms with Gasteiger partial charge >= 0.3 is 59.1 Å². The van der Waals surface area contributed by atoms with Crippen molar-refractivity contribution in [1.29, 1.82) is 0 Å². The van der Waals surface area contributed by atoms with E-state index in [9.17, 15) is 19.8 Å². The molecular weight excluding hydrogens is 470 g/mol. The minimum Gasteiger partial charge on any atom is -0.545 e. The number of aromatic carboxylic acids is 2. The number of carboxylic acid groups (broad SMARTS) is 2. The Balaban J connectivity index is 0.000000190. The van der Waals surface area contributed by atoms with Crippen molar-refractivity contribution in [2.75, 3.05) is 0 Å². The monoisotopic (exact) mass is 488 g/mol. The van der Waals surface area contributed by atoms with Crippen LogP contribution < -0.4 is 69.3 Å². The zero-order chi connectivity index (χ0) is 23.7. The van der Waals surface area contributed by atoms with E-state index < -0.39 is 11.9 Å². The number of carbonyl (C=O) groups is 2. The topological polar surface area (TPSA) is 80.3 Å². The van der Waals surface area contributed by atoms with Crippen molar-refractivity contribution in [2.45, 2.75) is 0 Å². The molecule has 36 heavy (non-hydrogen) atoms. The maximum Gasteiger partial charge on any atom is 1.00 e. The third-order valence-electron chi connectivity index (χ3n) is 5.93. The third kappa shape index (κ3) is 5.65. The Morgan fingerprint density at radius 2 is 0.722 bits per heavy atom. The summed E-state index contributed by atoms with van der Waals surface area (Å²) in [6.45, 7) is 0. The Hall–Kier alpha value is -2.70. The molecule has 0 spiro atoms. The minimum atomic E-state index is -1.13. The molecule has 0 saturated carbocycles. The van der Waals surface area contributed by atoms with E-state index >= 15 is 0 Å². The number of hydrogen-bond donors (Lipinski definition) is 0. The van der Waals surface area contributed by atoms with Crippen molar-refractivity contribution in [1.82, 2.24) is 0 Å². The van der Waals surface area contributed by atoms with Gasteiger partial charge in [0.2, 0.25) is 0 Å². The van der Waals surface area contributed by atoms with Crippen molar-refractivity contribution < 1.29 is 78.9 Å². The fraction of sp³-hybridized carbons (Fsp3) is 0. The smallest absolute Gasteiger partial charge is 0.545 e. The summed E-state index contributed by atoms with van der Waals surface area (Å²) in [4.78, 5) is 22.1. The van der Waals surface area contributed by atoms with Crippen molar-refractivity contribution >= 4 is 55.0 Å². The van der Waals surface area contributed by atoms with Gasteiger partial charge in [0.05, 0.1) is 11.9 Å². The molecule has 6 aromatic carbocycles. The van der Waals surface area contributed by atoms with E-state index in [1.165, 1.54) is 0 Å². The van der Waals surface area contributed by atoms with Gasteiger partial charge in [-0.2, -0.15) is 0 Å². The predicted molar refractivity (Wildman–Crippen MR) is 132 cm³/mol. The van der Waals surface area contributed by atoms with E-state index in [0.717, 1.165) is 43.1 Å². The molecule has 6 rings (SSSR count). The van der Waals surface area contributed by atoms with Crippen LogP contribution in [0, 0.1) is 0 Å². The quantitative estimate of drug-likeness (QED) is 0.225. The summed E-state index contributed by atoms with van der Waals surface area (Å²) in [7, 11) is 0. The second-order valence-corrected chi connectivity index (χ2v) is 8.03. The third-order valence-corrected chi connectivity index (χ3v) is 5.93. The number of carboxylic acids is 2. The SMILES string of the molecule is O=C([O-])c1cccc2cc3ccccc3cc12.O=C([O-])c1cccc2cc3ccccc3cc12.[Na+].[Na+]. The predicted octanol–water partition coefficient (Wildman–Crippen LogP) is -1.28. The fourth-order valence-corrected chi connectivity index (χ4v) is 4.29. The first-order valence-corrected chi connectivity index (χ1v) is 10.8. The zero-order valence-corrected chi connectivity index (χ0v) is 24.0. The van der Waals surface area contributed by atoms with Gasteiger partial charge in [0.15, 0.2) is 0 Å². The molecule has 0 atom stereocenters. The van der Waals surface area contributed by atoms with E-state index in [2.05, 4.69) is 0 Å². The summed E-state index contributed by atoms with van der Waals surface area (Å²) in [5.74, 6) is -2.27. The Labute approximate surface area is 252 Å². The van der Waals surface area contributed by atoms with Crippen LogP contribution in [0.5, 0.6) is 0 Å². The van der Waals surface area contributed by atoms with Crippen LogP contribution in [0.2, 0.25) is 0 Å². The van der Waals surface area contributed by atoms with Crippen molar-refractivity contribution in [3.63, 3.8) is 0 Å². The van der Waals surface area contributed by atoms with Crippen molar-refractivity contribution in [2.24, 2.45) is 0 Å². The summed E-state index contributed by atoms with van der Waals surface area (Å²) < 4.78 is 0. The first-order chi connectivity index (χ1) is 16.5. The Bertz CT molecular complexity index is 1600. The molecule has 0 N–H and O–H groups in total. The Kier molecular flexibility index (Phi) is 9.31. The normalized spacial score (nSPS) is 10.2. The van der Waals surface area contributed by atoms with Crippen LogP contribution in [0.15, 0.2) is 109 Å². The average molecular weight is 488 g/mol. The van der Waals surface area contributed by atoms with E-state index in [1.54, 1.807) is 24.3 Å². The van der Waals surface area contributed by atoms with Gasteiger partial charge in [-0.1, -0.05) is 84.9 Å². The van der Waals surface area contributed by atoms with Crippen LogP contribution in [0.1, 0.15) is 20.7 Å². The molecule has 0 aromatic heterocycles. The molecule has 0 amide bonds. The molecular formula is C30H18Na2O4. The maximum atomic E-state index is 11.0. The number of hydrogen-bond acceptors (Lipinski definition) is 4. The van der Waals surface area contributed by atoms with Crippen LogP contribution in [0.4, 0.5) is 0 Å².